The fraction of sp³-hybridized carbons (Fsp3) is 0.0312. The molecule has 0 saturated carbocycles. The van der Waals surface area contributed by atoms with E-state index in [4.69, 9.17) is 8.53 Å². The molecular weight excluding hydrogens is 635 g/mol. The standard InChI is InChI=1S/C21H13N2O.C11H8N.Ir/c1-13-11-14-8-9-16-15-5-4-6-17(19-7-2-3-10-22-19)20(15)24-21(16)18(14)12-23-13;1-2-6-10(7-3-1)11-8-4-5-9-12-11;/h2-5,7-12H,1H3;1-6,8-9H;/q2*-1;/i1D3;;. The smallest absolute Gasteiger partial charge is 0.130 e. The maximum absolute atomic E-state index is 7.56. The molecule has 0 unspecified atom stereocenters. The van der Waals surface area contributed by atoms with E-state index in [0.717, 1.165) is 44.1 Å². The van der Waals surface area contributed by atoms with Crippen LogP contribution in [0.1, 0.15) is 9.81 Å². The maximum Gasteiger partial charge on any atom is 0.130 e. The average molecular weight is 659 g/mol. The van der Waals surface area contributed by atoms with Gasteiger partial charge in [-0.05, 0) is 41.8 Å². The summed E-state index contributed by atoms with van der Waals surface area (Å²) < 4.78 is 28.9. The summed E-state index contributed by atoms with van der Waals surface area (Å²) in [5.74, 6) is 0. The van der Waals surface area contributed by atoms with Gasteiger partial charge in [-0.15, -0.1) is 54.1 Å². The van der Waals surface area contributed by atoms with Crippen molar-refractivity contribution in [1.82, 2.24) is 15.0 Å². The van der Waals surface area contributed by atoms with Gasteiger partial charge in [-0.25, -0.2) is 0 Å². The van der Waals surface area contributed by atoms with Crippen LogP contribution in [-0.4, -0.2) is 15.0 Å². The van der Waals surface area contributed by atoms with E-state index < -0.39 is 6.85 Å². The van der Waals surface area contributed by atoms with Gasteiger partial charge in [-0.1, -0.05) is 47.3 Å². The van der Waals surface area contributed by atoms with Gasteiger partial charge in [0.25, 0.3) is 0 Å². The van der Waals surface area contributed by atoms with E-state index in [1.165, 1.54) is 0 Å². The second kappa shape index (κ2) is 10.8. The van der Waals surface area contributed by atoms with Crippen molar-refractivity contribution in [3.05, 3.63) is 127 Å². The Morgan fingerprint density at radius 1 is 0.703 bits per heavy atom. The molecule has 181 valence electrons. The van der Waals surface area contributed by atoms with E-state index >= 15 is 0 Å². The zero-order valence-corrected chi connectivity index (χ0v) is 21.9. The number of aryl methyl sites for hydroxylation is 1. The number of fused-ring (bicyclic) bond motifs is 5. The zero-order chi connectivity index (χ0) is 26.8. The van der Waals surface area contributed by atoms with E-state index in [0.29, 0.717) is 11.2 Å². The van der Waals surface area contributed by atoms with Crippen LogP contribution in [0, 0.1) is 19.0 Å². The largest absolute Gasteiger partial charge is 0.500 e. The molecule has 0 spiro atoms. The zero-order valence-electron chi connectivity index (χ0n) is 22.5. The van der Waals surface area contributed by atoms with Crippen molar-refractivity contribution in [2.24, 2.45) is 0 Å². The number of nitrogens with zero attached hydrogens (tertiary/aromatic N) is 3. The summed E-state index contributed by atoms with van der Waals surface area (Å²) in [4.78, 5) is 12.8. The molecule has 3 aromatic carbocycles. The van der Waals surface area contributed by atoms with Gasteiger partial charge in [0.1, 0.15) is 5.58 Å². The summed E-state index contributed by atoms with van der Waals surface area (Å²) in [6.07, 6.45) is 5.10. The van der Waals surface area contributed by atoms with Gasteiger partial charge in [0, 0.05) is 59.3 Å². The summed E-state index contributed by atoms with van der Waals surface area (Å²) in [6.45, 7) is -2.24. The molecular formula is C32H21IrN3O-2. The quantitative estimate of drug-likeness (QED) is 0.178. The van der Waals surface area contributed by atoms with Crippen molar-refractivity contribution < 1.29 is 28.6 Å². The molecule has 0 atom stereocenters. The monoisotopic (exact) mass is 659 g/mol. The molecule has 37 heavy (non-hydrogen) atoms. The molecule has 1 radical (unpaired) electrons. The number of rotatable bonds is 2. The molecule has 0 N–H and O–H groups in total. The SMILES string of the molecule is [2H]C([2H])([2H])c1cc2ccc3c4cc[c-]c(-c5ccccn5)c4oc3c2cn1.[Ir].[c-]1ccccc1-c1ccccn1. The molecule has 0 aliphatic rings. The fourth-order valence-corrected chi connectivity index (χ4v) is 4.19. The average Bonchev–Trinajstić information content (AvgIpc) is 3.38. The second-order valence-corrected chi connectivity index (χ2v) is 8.14. The Bertz CT molecular complexity index is 1850. The first kappa shape index (κ1) is 21.0. The van der Waals surface area contributed by atoms with E-state index in [1.54, 1.807) is 24.7 Å². The van der Waals surface area contributed by atoms with Crippen LogP contribution in [0.3, 0.4) is 0 Å². The van der Waals surface area contributed by atoms with Crippen LogP contribution < -0.4 is 0 Å². The topological polar surface area (TPSA) is 51.8 Å². The molecule has 4 aromatic heterocycles. The number of pyridine rings is 3. The van der Waals surface area contributed by atoms with Crippen LogP contribution in [0.25, 0.3) is 55.2 Å². The number of hydrogen-bond donors (Lipinski definition) is 0. The first-order valence-electron chi connectivity index (χ1n) is 12.9. The third-order valence-electron chi connectivity index (χ3n) is 5.87. The van der Waals surface area contributed by atoms with Gasteiger partial charge in [0.15, 0.2) is 0 Å². The van der Waals surface area contributed by atoms with Crippen molar-refractivity contribution in [3.63, 3.8) is 0 Å². The number of furan rings is 1. The fourth-order valence-electron chi connectivity index (χ4n) is 4.19. The van der Waals surface area contributed by atoms with Crippen LogP contribution in [0.4, 0.5) is 0 Å². The molecule has 0 aliphatic carbocycles. The predicted octanol–water partition coefficient (Wildman–Crippen LogP) is 7.85. The molecule has 0 saturated heterocycles. The van der Waals surface area contributed by atoms with Crippen molar-refractivity contribution >= 4 is 32.7 Å². The Hall–Kier alpha value is -4.18. The Morgan fingerprint density at radius 2 is 1.49 bits per heavy atom. The van der Waals surface area contributed by atoms with Crippen molar-refractivity contribution in [1.29, 1.82) is 0 Å². The molecule has 4 heterocycles. The van der Waals surface area contributed by atoms with Gasteiger partial charge < -0.3 is 14.4 Å². The Morgan fingerprint density at radius 3 is 2.22 bits per heavy atom. The van der Waals surface area contributed by atoms with Gasteiger partial charge in [0.2, 0.25) is 0 Å². The summed E-state index contributed by atoms with van der Waals surface area (Å²) in [6, 6.07) is 35.0. The summed E-state index contributed by atoms with van der Waals surface area (Å²) in [7, 11) is 0. The molecule has 7 aromatic rings. The van der Waals surface area contributed by atoms with E-state index in [9.17, 15) is 0 Å². The van der Waals surface area contributed by atoms with Crippen LogP contribution in [-0.2, 0) is 20.1 Å². The molecule has 5 heteroatoms. The van der Waals surface area contributed by atoms with Gasteiger partial charge >= 0.3 is 0 Å². The molecule has 7 rings (SSSR count). The molecule has 0 aliphatic heterocycles. The third kappa shape index (κ3) is 4.92. The molecule has 0 bridgehead atoms. The predicted molar refractivity (Wildman–Crippen MR) is 144 cm³/mol. The summed E-state index contributed by atoms with van der Waals surface area (Å²) in [5.41, 5.74) is 5.06. The Labute approximate surface area is 232 Å². The van der Waals surface area contributed by atoms with Crippen molar-refractivity contribution in [2.45, 2.75) is 6.85 Å². The van der Waals surface area contributed by atoms with Crippen LogP contribution in [0.2, 0.25) is 0 Å². The van der Waals surface area contributed by atoms with Crippen molar-refractivity contribution in [3.8, 4) is 22.5 Å². The molecule has 0 amide bonds. The molecule has 4 nitrogen and oxygen atoms in total. The number of hydrogen-bond acceptors (Lipinski definition) is 4. The van der Waals surface area contributed by atoms with Crippen molar-refractivity contribution in [2.75, 3.05) is 0 Å². The first-order chi connectivity index (χ1) is 19.0. The normalized spacial score (nSPS) is 12.2. The second-order valence-electron chi connectivity index (χ2n) is 8.14. The van der Waals surface area contributed by atoms with E-state index in [-0.39, 0.29) is 25.8 Å². The first-order valence-corrected chi connectivity index (χ1v) is 11.4. The number of benzene rings is 3. The van der Waals surface area contributed by atoms with Gasteiger partial charge in [-0.3, -0.25) is 4.98 Å². The van der Waals surface area contributed by atoms with Crippen LogP contribution in [0.5, 0.6) is 0 Å². The number of aromatic nitrogens is 3. The molecule has 0 fully saturated rings. The van der Waals surface area contributed by atoms with Crippen LogP contribution >= 0.6 is 0 Å². The third-order valence-corrected chi connectivity index (χ3v) is 5.87. The van der Waals surface area contributed by atoms with E-state index in [2.05, 4.69) is 27.1 Å². The maximum atomic E-state index is 7.56. The minimum atomic E-state index is -2.24. The summed E-state index contributed by atoms with van der Waals surface area (Å²) in [5, 5.41) is 3.48. The Balaban J connectivity index is 0.000000209. The minimum Gasteiger partial charge on any atom is -0.500 e. The minimum absolute atomic E-state index is 0. The van der Waals surface area contributed by atoms with Crippen LogP contribution in [0.15, 0.2) is 114 Å². The Kier molecular flexibility index (Phi) is 6.14. The summed E-state index contributed by atoms with van der Waals surface area (Å²) >= 11 is 0. The van der Waals surface area contributed by atoms with Gasteiger partial charge in [0.05, 0.1) is 5.58 Å². The van der Waals surface area contributed by atoms with E-state index in [1.807, 2.05) is 84.9 Å². The van der Waals surface area contributed by atoms with Gasteiger partial charge in [-0.2, -0.15) is 0 Å².